The molecule has 1 fully saturated rings. The molecule has 0 bridgehead atoms. The summed E-state index contributed by atoms with van der Waals surface area (Å²) in [4.78, 5) is 26.6. The molecule has 2 atom stereocenters. The molecule has 2 unspecified atom stereocenters. The number of carbonyl (C=O) groups excluding carboxylic acids is 1. The molecule has 3 heterocycles. The maximum Gasteiger partial charge on any atom is 0.224 e. The predicted molar refractivity (Wildman–Crippen MR) is 102 cm³/mol. The Morgan fingerprint density at radius 1 is 1.32 bits per heavy atom. The Bertz CT molecular complexity index is 815. The van der Waals surface area contributed by atoms with Crippen LogP contribution in [0.1, 0.15) is 42.5 Å². The third kappa shape index (κ3) is 3.01. The molecule has 0 saturated carbocycles. The summed E-state index contributed by atoms with van der Waals surface area (Å²) in [6.07, 6.45) is 5.53. The molecule has 134 valence electrons. The van der Waals surface area contributed by atoms with Crippen molar-refractivity contribution < 1.29 is 4.79 Å². The smallest absolute Gasteiger partial charge is 0.224 e. The highest BCUT2D eigenvalue weighted by Crippen LogP contribution is 2.41. The van der Waals surface area contributed by atoms with E-state index in [0.29, 0.717) is 0 Å². The van der Waals surface area contributed by atoms with E-state index in [0.717, 1.165) is 61.2 Å². The van der Waals surface area contributed by atoms with E-state index in [1.54, 1.807) is 7.05 Å². The normalized spacial score (nSPS) is 23.6. The summed E-state index contributed by atoms with van der Waals surface area (Å²) in [7, 11) is 1.73. The van der Waals surface area contributed by atoms with Crippen molar-refractivity contribution >= 4 is 33.3 Å². The predicted octanol–water partition coefficient (Wildman–Crippen LogP) is 3.09. The van der Waals surface area contributed by atoms with Crippen LogP contribution in [0.2, 0.25) is 0 Å². The van der Waals surface area contributed by atoms with Crippen LogP contribution in [0.15, 0.2) is 0 Å². The highest BCUT2D eigenvalue weighted by molar-refractivity contribution is 7.19. The standard InChI is InChI=1S/C19H26N4OS/c1-11-6-7-14-15(9-11)25-19-16(14)17(21-12(2)22-19)23-8-4-5-13(10-23)18(24)20-3/h11,13H,4-10H2,1-3H3,(H,20,24). The summed E-state index contributed by atoms with van der Waals surface area (Å²) in [5.41, 5.74) is 1.47. The quantitative estimate of drug-likeness (QED) is 0.896. The van der Waals surface area contributed by atoms with Crippen LogP contribution in [0, 0.1) is 18.8 Å². The molecule has 4 rings (SSSR count). The van der Waals surface area contributed by atoms with Gasteiger partial charge in [-0.15, -0.1) is 11.3 Å². The minimum atomic E-state index is 0.0542. The van der Waals surface area contributed by atoms with Crippen molar-refractivity contribution in [2.45, 2.75) is 46.0 Å². The van der Waals surface area contributed by atoms with Crippen LogP contribution in [-0.2, 0) is 17.6 Å². The van der Waals surface area contributed by atoms with Crippen LogP contribution in [-0.4, -0.2) is 36.0 Å². The van der Waals surface area contributed by atoms with E-state index in [2.05, 4.69) is 17.1 Å². The lowest BCUT2D eigenvalue weighted by molar-refractivity contribution is -0.124. The van der Waals surface area contributed by atoms with Gasteiger partial charge in [-0.25, -0.2) is 9.97 Å². The minimum Gasteiger partial charge on any atom is -0.359 e. The third-order valence-electron chi connectivity index (χ3n) is 5.59. The molecule has 6 heteroatoms. The molecule has 25 heavy (non-hydrogen) atoms. The number of piperidine rings is 1. The second kappa shape index (κ2) is 6.56. The first kappa shape index (κ1) is 16.8. The van der Waals surface area contributed by atoms with Gasteiger partial charge in [-0.05, 0) is 50.5 Å². The number of thiophene rings is 1. The molecule has 5 nitrogen and oxygen atoms in total. The topological polar surface area (TPSA) is 58.1 Å². The second-order valence-electron chi connectivity index (χ2n) is 7.53. The van der Waals surface area contributed by atoms with Crippen LogP contribution in [0.25, 0.3) is 10.2 Å². The fraction of sp³-hybridized carbons (Fsp3) is 0.632. The lowest BCUT2D eigenvalue weighted by atomic mass is 9.89. The van der Waals surface area contributed by atoms with Gasteiger partial charge in [0.2, 0.25) is 5.91 Å². The van der Waals surface area contributed by atoms with E-state index < -0.39 is 0 Å². The van der Waals surface area contributed by atoms with E-state index in [9.17, 15) is 4.79 Å². The fourth-order valence-corrected chi connectivity index (χ4v) is 5.67. The van der Waals surface area contributed by atoms with Gasteiger partial charge in [0, 0.05) is 25.0 Å². The van der Waals surface area contributed by atoms with Gasteiger partial charge in [0.25, 0.3) is 0 Å². The molecule has 1 aliphatic carbocycles. The number of anilines is 1. The van der Waals surface area contributed by atoms with Gasteiger partial charge < -0.3 is 10.2 Å². The van der Waals surface area contributed by atoms with Crippen molar-refractivity contribution in [2.24, 2.45) is 11.8 Å². The number of amides is 1. The van der Waals surface area contributed by atoms with Gasteiger partial charge in [0.05, 0.1) is 11.3 Å². The number of rotatable bonds is 2. The average Bonchev–Trinajstić information content (AvgIpc) is 2.97. The van der Waals surface area contributed by atoms with Gasteiger partial charge in [-0.1, -0.05) is 6.92 Å². The number of nitrogens with one attached hydrogen (secondary N) is 1. The zero-order valence-electron chi connectivity index (χ0n) is 15.3. The molecule has 1 saturated heterocycles. The highest BCUT2D eigenvalue weighted by Gasteiger charge is 2.30. The summed E-state index contributed by atoms with van der Waals surface area (Å²) in [6.45, 7) is 6.04. The van der Waals surface area contributed by atoms with Gasteiger partial charge in [-0.2, -0.15) is 0 Å². The van der Waals surface area contributed by atoms with Gasteiger partial charge in [0.15, 0.2) is 0 Å². The average molecular weight is 359 g/mol. The zero-order valence-corrected chi connectivity index (χ0v) is 16.1. The number of fused-ring (bicyclic) bond motifs is 3. The van der Waals surface area contributed by atoms with E-state index in [4.69, 9.17) is 9.97 Å². The van der Waals surface area contributed by atoms with Crippen molar-refractivity contribution in [1.29, 1.82) is 0 Å². The molecule has 1 aliphatic heterocycles. The lowest BCUT2D eigenvalue weighted by Crippen LogP contribution is -2.42. The monoisotopic (exact) mass is 358 g/mol. The van der Waals surface area contributed by atoms with E-state index in [-0.39, 0.29) is 11.8 Å². The summed E-state index contributed by atoms with van der Waals surface area (Å²) >= 11 is 1.85. The number of nitrogens with zero attached hydrogens (tertiary/aromatic N) is 3. The second-order valence-corrected chi connectivity index (χ2v) is 8.61. The number of carbonyl (C=O) groups is 1. The summed E-state index contributed by atoms with van der Waals surface area (Å²) in [5.74, 6) is 2.84. The van der Waals surface area contributed by atoms with E-state index in [1.807, 2.05) is 18.3 Å². The molecule has 1 amide bonds. The van der Waals surface area contributed by atoms with Crippen LogP contribution in [0.4, 0.5) is 5.82 Å². The number of aryl methyl sites for hydroxylation is 2. The Labute approximate surface area is 152 Å². The Balaban J connectivity index is 1.77. The molecule has 0 radical (unpaired) electrons. The third-order valence-corrected chi connectivity index (χ3v) is 6.73. The summed E-state index contributed by atoms with van der Waals surface area (Å²) in [5, 5.41) is 4.07. The SMILES string of the molecule is CNC(=O)C1CCCN(c2nc(C)nc3sc4c(c23)CCC(C)C4)C1. The first-order chi connectivity index (χ1) is 12.1. The van der Waals surface area contributed by atoms with Crippen LogP contribution in [0.5, 0.6) is 0 Å². The van der Waals surface area contributed by atoms with Crippen molar-refractivity contribution in [3.05, 3.63) is 16.3 Å². The molecular weight excluding hydrogens is 332 g/mol. The Morgan fingerprint density at radius 3 is 2.96 bits per heavy atom. The molecule has 0 aromatic carbocycles. The van der Waals surface area contributed by atoms with Crippen molar-refractivity contribution in [3.8, 4) is 0 Å². The first-order valence-electron chi connectivity index (χ1n) is 9.32. The van der Waals surface area contributed by atoms with Gasteiger partial charge >= 0.3 is 0 Å². The molecular formula is C19H26N4OS. The molecule has 0 spiro atoms. The minimum absolute atomic E-state index is 0.0542. The summed E-state index contributed by atoms with van der Waals surface area (Å²) < 4.78 is 0. The zero-order chi connectivity index (χ0) is 17.6. The van der Waals surface area contributed by atoms with Crippen LogP contribution >= 0.6 is 11.3 Å². The van der Waals surface area contributed by atoms with Gasteiger partial charge in [0.1, 0.15) is 16.5 Å². The largest absolute Gasteiger partial charge is 0.359 e. The Kier molecular flexibility index (Phi) is 4.40. The first-order valence-corrected chi connectivity index (χ1v) is 10.1. The van der Waals surface area contributed by atoms with Crippen LogP contribution < -0.4 is 10.2 Å². The maximum atomic E-state index is 12.1. The molecule has 2 aromatic heterocycles. The van der Waals surface area contributed by atoms with Crippen LogP contribution in [0.3, 0.4) is 0 Å². The number of hydrogen-bond donors (Lipinski definition) is 1. The van der Waals surface area contributed by atoms with E-state index >= 15 is 0 Å². The van der Waals surface area contributed by atoms with Crippen molar-refractivity contribution in [1.82, 2.24) is 15.3 Å². The van der Waals surface area contributed by atoms with Gasteiger partial charge in [-0.3, -0.25) is 4.79 Å². The number of hydrogen-bond acceptors (Lipinski definition) is 5. The Hall–Kier alpha value is -1.69. The fourth-order valence-electron chi connectivity index (χ4n) is 4.24. The Morgan fingerprint density at radius 2 is 2.16 bits per heavy atom. The highest BCUT2D eigenvalue weighted by atomic mass is 32.1. The number of aromatic nitrogens is 2. The van der Waals surface area contributed by atoms with E-state index in [1.165, 1.54) is 22.2 Å². The maximum absolute atomic E-state index is 12.1. The van der Waals surface area contributed by atoms with Crippen molar-refractivity contribution in [2.75, 3.05) is 25.0 Å². The molecule has 2 aromatic rings. The van der Waals surface area contributed by atoms with Crippen molar-refractivity contribution in [3.63, 3.8) is 0 Å². The summed E-state index contributed by atoms with van der Waals surface area (Å²) in [6, 6.07) is 0. The molecule has 2 aliphatic rings. The lowest BCUT2D eigenvalue weighted by Gasteiger charge is -2.33. The molecule has 1 N–H and O–H groups in total.